The van der Waals surface area contributed by atoms with Crippen LogP contribution in [0.3, 0.4) is 0 Å². The lowest BCUT2D eigenvalue weighted by Crippen LogP contribution is -2.04. The maximum absolute atomic E-state index is 6.60. The van der Waals surface area contributed by atoms with Crippen LogP contribution in [0.2, 0.25) is 0 Å². The molecule has 0 amide bonds. The molecule has 45 heavy (non-hydrogen) atoms. The lowest BCUT2D eigenvalue weighted by Gasteiger charge is -2.14. The quantitative estimate of drug-likeness (QED) is 0.197. The van der Waals surface area contributed by atoms with Gasteiger partial charge in [-0.3, -0.25) is 4.57 Å². The van der Waals surface area contributed by atoms with Crippen molar-refractivity contribution in [1.29, 1.82) is 0 Å². The average molecular weight is 580 g/mol. The number of aryl methyl sites for hydroxylation is 1. The van der Waals surface area contributed by atoms with Gasteiger partial charge >= 0.3 is 0 Å². The SMILES string of the molecule is Cc1ccccc1-c1ccccc1Oc1ccc2c(c1)c1ccccc1n2-c1nc(-c2ccccc2)cc(-c2ccccc2)n1. The summed E-state index contributed by atoms with van der Waals surface area (Å²) in [6.07, 6.45) is 0. The minimum atomic E-state index is 0.625. The standard InChI is InChI=1S/C41H29N3O/c1-28-14-8-9-19-32(28)34-21-11-13-23-40(34)45-31-24-25-39-35(26-31)33-20-10-12-22-38(33)44(39)41-42-36(29-15-4-2-5-16-29)27-37(43-41)30-17-6-3-7-18-30/h2-27H,1H3. The highest BCUT2D eigenvalue weighted by atomic mass is 16.5. The van der Waals surface area contributed by atoms with Crippen molar-refractivity contribution in [3.63, 3.8) is 0 Å². The van der Waals surface area contributed by atoms with E-state index in [2.05, 4.69) is 115 Å². The number of para-hydroxylation sites is 2. The topological polar surface area (TPSA) is 39.9 Å². The van der Waals surface area contributed by atoms with E-state index in [1.54, 1.807) is 0 Å². The molecule has 0 radical (unpaired) electrons. The van der Waals surface area contributed by atoms with Gasteiger partial charge in [-0.2, -0.15) is 0 Å². The molecular formula is C41H29N3O. The molecule has 0 saturated heterocycles. The van der Waals surface area contributed by atoms with Crippen molar-refractivity contribution in [2.24, 2.45) is 0 Å². The van der Waals surface area contributed by atoms with Crippen molar-refractivity contribution in [2.75, 3.05) is 0 Å². The number of aromatic nitrogens is 3. The van der Waals surface area contributed by atoms with Crippen LogP contribution in [0.5, 0.6) is 11.5 Å². The molecule has 0 aliphatic carbocycles. The lowest BCUT2D eigenvalue weighted by atomic mass is 10.00. The smallest absolute Gasteiger partial charge is 0.235 e. The Morgan fingerprint density at radius 2 is 1.07 bits per heavy atom. The van der Waals surface area contributed by atoms with Crippen LogP contribution in [0.4, 0.5) is 0 Å². The molecule has 0 atom stereocenters. The van der Waals surface area contributed by atoms with Crippen LogP contribution in [0, 0.1) is 6.92 Å². The van der Waals surface area contributed by atoms with E-state index in [4.69, 9.17) is 14.7 Å². The zero-order chi connectivity index (χ0) is 30.2. The van der Waals surface area contributed by atoms with Crippen LogP contribution in [-0.2, 0) is 0 Å². The Balaban J connectivity index is 1.29. The fourth-order valence-electron chi connectivity index (χ4n) is 6.06. The zero-order valence-corrected chi connectivity index (χ0v) is 24.8. The summed E-state index contributed by atoms with van der Waals surface area (Å²) in [7, 11) is 0. The van der Waals surface area contributed by atoms with Gasteiger partial charge in [0.1, 0.15) is 11.5 Å². The Morgan fingerprint density at radius 1 is 0.489 bits per heavy atom. The molecule has 214 valence electrons. The van der Waals surface area contributed by atoms with Crippen molar-refractivity contribution in [2.45, 2.75) is 6.92 Å². The predicted molar refractivity (Wildman–Crippen MR) is 184 cm³/mol. The summed E-state index contributed by atoms with van der Waals surface area (Å²) in [6, 6.07) is 53.9. The van der Waals surface area contributed by atoms with Gasteiger partial charge in [0.05, 0.1) is 22.4 Å². The number of hydrogen-bond acceptors (Lipinski definition) is 3. The molecular weight excluding hydrogens is 550 g/mol. The third-order valence-corrected chi connectivity index (χ3v) is 8.25. The van der Waals surface area contributed by atoms with Crippen molar-refractivity contribution in [3.8, 4) is 51.1 Å². The van der Waals surface area contributed by atoms with Crippen LogP contribution < -0.4 is 4.74 Å². The monoisotopic (exact) mass is 579 g/mol. The van der Waals surface area contributed by atoms with Crippen LogP contribution in [0.15, 0.2) is 158 Å². The zero-order valence-electron chi connectivity index (χ0n) is 24.8. The van der Waals surface area contributed by atoms with Crippen LogP contribution >= 0.6 is 0 Å². The second-order valence-corrected chi connectivity index (χ2v) is 11.1. The Morgan fingerprint density at radius 3 is 1.78 bits per heavy atom. The number of benzene rings is 6. The van der Waals surface area contributed by atoms with Gasteiger partial charge in [0.2, 0.25) is 5.95 Å². The fourth-order valence-corrected chi connectivity index (χ4v) is 6.06. The first-order valence-corrected chi connectivity index (χ1v) is 15.1. The highest BCUT2D eigenvalue weighted by Gasteiger charge is 2.18. The van der Waals surface area contributed by atoms with Crippen LogP contribution in [0.1, 0.15) is 5.56 Å². The first-order valence-electron chi connectivity index (χ1n) is 15.1. The summed E-state index contributed by atoms with van der Waals surface area (Å²) in [5.41, 5.74) is 9.32. The van der Waals surface area contributed by atoms with Gasteiger partial charge in [0, 0.05) is 27.5 Å². The van der Waals surface area contributed by atoms with Crippen LogP contribution in [-0.4, -0.2) is 14.5 Å². The Labute approximate surface area is 261 Å². The van der Waals surface area contributed by atoms with E-state index < -0.39 is 0 Å². The molecule has 0 unspecified atom stereocenters. The molecule has 0 aliphatic heterocycles. The highest BCUT2D eigenvalue weighted by Crippen LogP contribution is 2.38. The summed E-state index contributed by atoms with van der Waals surface area (Å²) in [4.78, 5) is 10.3. The predicted octanol–water partition coefficient (Wildman–Crippen LogP) is 10.7. The molecule has 0 fully saturated rings. The number of ether oxygens (including phenoxy) is 1. The van der Waals surface area contributed by atoms with Gasteiger partial charge < -0.3 is 4.74 Å². The number of fused-ring (bicyclic) bond motifs is 3. The minimum Gasteiger partial charge on any atom is -0.457 e. The minimum absolute atomic E-state index is 0.625. The average Bonchev–Trinajstić information content (AvgIpc) is 3.43. The van der Waals surface area contributed by atoms with E-state index in [1.165, 1.54) is 5.56 Å². The van der Waals surface area contributed by atoms with Gasteiger partial charge in [0.15, 0.2) is 0 Å². The largest absolute Gasteiger partial charge is 0.457 e. The van der Waals surface area contributed by atoms with E-state index in [1.807, 2.05) is 54.6 Å². The summed E-state index contributed by atoms with van der Waals surface area (Å²) >= 11 is 0. The fraction of sp³-hybridized carbons (Fsp3) is 0.0244. The van der Waals surface area contributed by atoms with E-state index >= 15 is 0 Å². The second-order valence-electron chi connectivity index (χ2n) is 11.1. The van der Waals surface area contributed by atoms with E-state index in [0.29, 0.717) is 5.95 Å². The maximum Gasteiger partial charge on any atom is 0.235 e. The van der Waals surface area contributed by atoms with Gasteiger partial charge in [-0.05, 0) is 54.4 Å². The molecule has 0 saturated carbocycles. The van der Waals surface area contributed by atoms with E-state index in [-0.39, 0.29) is 0 Å². The molecule has 8 rings (SSSR count). The number of hydrogen-bond donors (Lipinski definition) is 0. The van der Waals surface area contributed by atoms with E-state index in [0.717, 1.165) is 66.9 Å². The first kappa shape index (κ1) is 26.6. The third-order valence-electron chi connectivity index (χ3n) is 8.25. The molecule has 0 N–H and O–H groups in total. The molecule has 2 heterocycles. The summed E-state index contributed by atoms with van der Waals surface area (Å²) in [6.45, 7) is 2.13. The summed E-state index contributed by atoms with van der Waals surface area (Å²) < 4.78 is 8.77. The third kappa shape index (κ3) is 4.92. The normalized spacial score (nSPS) is 11.2. The summed E-state index contributed by atoms with van der Waals surface area (Å²) in [5.74, 6) is 2.22. The molecule has 4 heteroatoms. The molecule has 0 aliphatic rings. The van der Waals surface area contributed by atoms with E-state index in [9.17, 15) is 0 Å². The van der Waals surface area contributed by atoms with Crippen molar-refractivity contribution < 1.29 is 4.74 Å². The first-order chi connectivity index (χ1) is 22.2. The number of rotatable bonds is 6. The van der Waals surface area contributed by atoms with Gasteiger partial charge in [-0.1, -0.05) is 121 Å². The molecule has 4 nitrogen and oxygen atoms in total. The molecule has 0 spiro atoms. The number of nitrogens with zero attached hydrogens (tertiary/aromatic N) is 3. The van der Waals surface area contributed by atoms with Gasteiger partial charge in [0.25, 0.3) is 0 Å². The Kier molecular flexibility index (Phi) is 6.65. The van der Waals surface area contributed by atoms with Crippen LogP contribution in [0.25, 0.3) is 61.4 Å². The second kappa shape index (κ2) is 11.3. The van der Waals surface area contributed by atoms with Crippen molar-refractivity contribution in [3.05, 3.63) is 163 Å². The maximum atomic E-state index is 6.60. The van der Waals surface area contributed by atoms with Gasteiger partial charge in [-0.15, -0.1) is 0 Å². The van der Waals surface area contributed by atoms with Crippen molar-refractivity contribution >= 4 is 21.8 Å². The lowest BCUT2D eigenvalue weighted by molar-refractivity contribution is 0.485. The molecule has 2 aromatic heterocycles. The molecule has 0 bridgehead atoms. The van der Waals surface area contributed by atoms with Gasteiger partial charge in [-0.25, -0.2) is 9.97 Å². The highest BCUT2D eigenvalue weighted by molar-refractivity contribution is 6.09. The molecule has 6 aromatic carbocycles. The summed E-state index contributed by atoms with van der Waals surface area (Å²) in [5, 5.41) is 2.19. The Hall–Kier alpha value is -6.00. The van der Waals surface area contributed by atoms with Crippen molar-refractivity contribution in [1.82, 2.24) is 14.5 Å². The Bertz CT molecular complexity index is 2250. The molecule has 8 aromatic rings.